The predicted molar refractivity (Wildman–Crippen MR) is 83.4 cm³/mol. The Balaban J connectivity index is 1.96. The average molecular weight is 271 g/mol. The van der Waals surface area contributed by atoms with Gasteiger partial charge in [-0.15, -0.1) is 0 Å². The molecule has 0 unspecified atom stereocenters. The van der Waals surface area contributed by atoms with E-state index < -0.39 is 0 Å². The van der Waals surface area contributed by atoms with E-state index in [9.17, 15) is 4.39 Å². The molecule has 0 heterocycles. The number of aryl methyl sites for hydroxylation is 1. The molecule has 2 rings (SSSR count). The minimum atomic E-state index is -0.193. The van der Waals surface area contributed by atoms with Gasteiger partial charge in [-0.3, -0.25) is 0 Å². The number of nitrogens with one attached hydrogen (secondary N) is 1. The summed E-state index contributed by atoms with van der Waals surface area (Å²) < 4.78 is 13.7. The number of halogens is 1. The van der Waals surface area contributed by atoms with Crippen LogP contribution in [0.3, 0.4) is 0 Å². The van der Waals surface area contributed by atoms with Crippen molar-refractivity contribution in [1.82, 2.24) is 0 Å². The highest BCUT2D eigenvalue weighted by molar-refractivity contribution is 5.46. The zero-order valence-corrected chi connectivity index (χ0v) is 12.4. The van der Waals surface area contributed by atoms with E-state index in [1.54, 1.807) is 12.1 Å². The lowest BCUT2D eigenvalue weighted by Crippen LogP contribution is -2.02. The molecule has 0 radical (unpaired) electrons. The maximum absolute atomic E-state index is 13.7. The maximum Gasteiger partial charge on any atom is 0.146 e. The monoisotopic (exact) mass is 271 g/mol. The standard InChI is InChI=1S/C18H22FN/c1-13(2)10-15-5-7-16(8-6-15)12-20-18-9-4-14(3)11-17(18)19/h4-9,11,13,20H,10,12H2,1-3H3. The topological polar surface area (TPSA) is 12.0 Å². The van der Waals surface area contributed by atoms with Crippen LogP contribution in [-0.4, -0.2) is 0 Å². The summed E-state index contributed by atoms with van der Waals surface area (Å²) in [6.45, 7) is 6.97. The molecule has 2 aromatic carbocycles. The van der Waals surface area contributed by atoms with Gasteiger partial charge in [0.2, 0.25) is 0 Å². The van der Waals surface area contributed by atoms with Gasteiger partial charge in [0, 0.05) is 6.54 Å². The van der Waals surface area contributed by atoms with E-state index in [0.717, 1.165) is 17.5 Å². The summed E-state index contributed by atoms with van der Waals surface area (Å²) in [7, 11) is 0. The first-order valence-electron chi connectivity index (χ1n) is 7.12. The van der Waals surface area contributed by atoms with Gasteiger partial charge in [-0.2, -0.15) is 0 Å². The van der Waals surface area contributed by atoms with Crippen LogP contribution in [0.5, 0.6) is 0 Å². The molecule has 1 N–H and O–H groups in total. The molecule has 106 valence electrons. The Kier molecular flexibility index (Phi) is 4.78. The lowest BCUT2D eigenvalue weighted by Gasteiger charge is -2.10. The molecule has 0 aliphatic heterocycles. The minimum Gasteiger partial charge on any atom is -0.379 e. The van der Waals surface area contributed by atoms with Gasteiger partial charge in [-0.05, 0) is 48.1 Å². The van der Waals surface area contributed by atoms with Crippen LogP contribution in [-0.2, 0) is 13.0 Å². The molecule has 0 saturated carbocycles. The van der Waals surface area contributed by atoms with E-state index in [0.29, 0.717) is 18.2 Å². The van der Waals surface area contributed by atoms with Crippen LogP contribution in [0.1, 0.15) is 30.5 Å². The molecule has 0 saturated heterocycles. The number of hydrogen-bond acceptors (Lipinski definition) is 1. The fourth-order valence-electron chi connectivity index (χ4n) is 2.23. The normalized spacial score (nSPS) is 10.8. The minimum absolute atomic E-state index is 0.193. The summed E-state index contributed by atoms with van der Waals surface area (Å²) in [6, 6.07) is 13.8. The quantitative estimate of drug-likeness (QED) is 0.811. The van der Waals surface area contributed by atoms with Crippen molar-refractivity contribution in [3.05, 3.63) is 65.0 Å². The molecule has 20 heavy (non-hydrogen) atoms. The maximum atomic E-state index is 13.7. The van der Waals surface area contributed by atoms with Gasteiger partial charge in [0.15, 0.2) is 0 Å². The van der Waals surface area contributed by atoms with E-state index in [4.69, 9.17) is 0 Å². The Morgan fingerprint density at radius 1 is 1.00 bits per heavy atom. The molecule has 0 atom stereocenters. The van der Waals surface area contributed by atoms with Gasteiger partial charge in [0.05, 0.1) is 5.69 Å². The number of hydrogen-bond donors (Lipinski definition) is 1. The number of rotatable bonds is 5. The van der Waals surface area contributed by atoms with Crippen LogP contribution in [0.15, 0.2) is 42.5 Å². The van der Waals surface area contributed by atoms with Crippen LogP contribution in [0.2, 0.25) is 0 Å². The molecule has 0 aliphatic rings. The van der Waals surface area contributed by atoms with Crippen LogP contribution < -0.4 is 5.32 Å². The Bertz CT molecular complexity index is 558. The third-order valence-electron chi connectivity index (χ3n) is 3.27. The van der Waals surface area contributed by atoms with Gasteiger partial charge in [-0.25, -0.2) is 4.39 Å². The van der Waals surface area contributed by atoms with Crippen molar-refractivity contribution in [1.29, 1.82) is 0 Å². The van der Waals surface area contributed by atoms with Gasteiger partial charge in [-0.1, -0.05) is 44.2 Å². The molecule has 0 aromatic heterocycles. The van der Waals surface area contributed by atoms with Crippen LogP contribution >= 0.6 is 0 Å². The van der Waals surface area contributed by atoms with E-state index in [2.05, 4.69) is 43.4 Å². The van der Waals surface area contributed by atoms with Gasteiger partial charge < -0.3 is 5.32 Å². The lowest BCUT2D eigenvalue weighted by molar-refractivity contribution is 0.629. The highest BCUT2D eigenvalue weighted by Crippen LogP contribution is 2.17. The van der Waals surface area contributed by atoms with Crippen molar-refractivity contribution in [2.45, 2.75) is 33.7 Å². The molecule has 2 heteroatoms. The fourth-order valence-corrected chi connectivity index (χ4v) is 2.23. The van der Waals surface area contributed by atoms with E-state index in [1.165, 1.54) is 5.56 Å². The molecule has 1 nitrogen and oxygen atoms in total. The number of benzene rings is 2. The molecule has 0 amide bonds. The molecular weight excluding hydrogens is 249 g/mol. The zero-order valence-electron chi connectivity index (χ0n) is 12.4. The van der Waals surface area contributed by atoms with Crippen molar-refractivity contribution in [2.24, 2.45) is 5.92 Å². The Morgan fingerprint density at radius 2 is 1.65 bits per heavy atom. The molecule has 0 fully saturated rings. The second-order valence-corrected chi connectivity index (χ2v) is 5.75. The summed E-state index contributed by atoms with van der Waals surface area (Å²) in [5, 5.41) is 3.14. The van der Waals surface area contributed by atoms with Crippen molar-refractivity contribution in [2.75, 3.05) is 5.32 Å². The fraction of sp³-hybridized carbons (Fsp3) is 0.333. The highest BCUT2D eigenvalue weighted by atomic mass is 19.1. The lowest BCUT2D eigenvalue weighted by atomic mass is 10.0. The third-order valence-corrected chi connectivity index (χ3v) is 3.27. The first kappa shape index (κ1) is 14.6. The Morgan fingerprint density at radius 3 is 2.25 bits per heavy atom. The van der Waals surface area contributed by atoms with Gasteiger partial charge in [0.25, 0.3) is 0 Å². The predicted octanol–water partition coefficient (Wildman–Crippen LogP) is 4.94. The average Bonchev–Trinajstić information content (AvgIpc) is 2.39. The molecule has 2 aromatic rings. The molecule has 0 aliphatic carbocycles. The van der Waals surface area contributed by atoms with Gasteiger partial charge in [0.1, 0.15) is 5.82 Å². The Labute approximate surface area is 120 Å². The first-order chi connectivity index (χ1) is 9.54. The van der Waals surface area contributed by atoms with E-state index in [1.807, 2.05) is 13.0 Å². The summed E-state index contributed by atoms with van der Waals surface area (Å²) >= 11 is 0. The second-order valence-electron chi connectivity index (χ2n) is 5.75. The second kappa shape index (κ2) is 6.56. The van der Waals surface area contributed by atoms with Crippen LogP contribution in [0, 0.1) is 18.7 Å². The summed E-state index contributed by atoms with van der Waals surface area (Å²) in [6.07, 6.45) is 1.10. The van der Waals surface area contributed by atoms with Gasteiger partial charge >= 0.3 is 0 Å². The van der Waals surface area contributed by atoms with Crippen molar-refractivity contribution in [3.8, 4) is 0 Å². The molecular formula is C18H22FN. The van der Waals surface area contributed by atoms with Crippen molar-refractivity contribution < 1.29 is 4.39 Å². The number of anilines is 1. The largest absolute Gasteiger partial charge is 0.379 e. The van der Waals surface area contributed by atoms with E-state index in [-0.39, 0.29) is 5.82 Å². The Hall–Kier alpha value is -1.83. The zero-order chi connectivity index (χ0) is 14.5. The van der Waals surface area contributed by atoms with Crippen LogP contribution in [0.4, 0.5) is 10.1 Å². The first-order valence-corrected chi connectivity index (χ1v) is 7.12. The summed E-state index contributed by atoms with van der Waals surface area (Å²) in [4.78, 5) is 0. The third kappa shape index (κ3) is 4.09. The van der Waals surface area contributed by atoms with Crippen molar-refractivity contribution in [3.63, 3.8) is 0 Å². The SMILES string of the molecule is Cc1ccc(NCc2ccc(CC(C)C)cc2)c(F)c1. The highest BCUT2D eigenvalue weighted by Gasteiger charge is 2.02. The van der Waals surface area contributed by atoms with E-state index >= 15 is 0 Å². The van der Waals surface area contributed by atoms with Crippen molar-refractivity contribution >= 4 is 5.69 Å². The smallest absolute Gasteiger partial charge is 0.146 e. The molecule has 0 spiro atoms. The summed E-state index contributed by atoms with van der Waals surface area (Å²) in [5.74, 6) is 0.474. The summed E-state index contributed by atoms with van der Waals surface area (Å²) in [5.41, 5.74) is 4.01. The molecule has 0 bridgehead atoms. The van der Waals surface area contributed by atoms with Crippen LogP contribution in [0.25, 0.3) is 0 Å².